The Kier molecular flexibility index (Phi) is 6.63. The maximum Gasteiger partial charge on any atom is 0.238 e. The zero-order chi connectivity index (χ0) is 15.0. The number of nitrogens with one attached hydrogen (secondary N) is 1. The summed E-state index contributed by atoms with van der Waals surface area (Å²) >= 11 is 0. The van der Waals surface area contributed by atoms with E-state index in [1.54, 1.807) is 35.2 Å². The molecule has 0 atom stereocenters. The molecule has 0 saturated carbocycles. The number of rotatable bonds is 8. The Labute approximate surface area is 118 Å². The molecule has 20 heavy (non-hydrogen) atoms. The summed E-state index contributed by atoms with van der Waals surface area (Å²) in [5, 5.41) is 11.7. The molecule has 1 aromatic carbocycles. The molecule has 108 valence electrons. The predicted molar refractivity (Wildman–Crippen MR) is 78.8 cm³/mol. The molecule has 0 aromatic heterocycles. The van der Waals surface area contributed by atoms with Gasteiger partial charge in [-0.25, -0.2) is 0 Å². The third-order valence-electron chi connectivity index (χ3n) is 2.75. The number of hydrogen-bond donors (Lipinski definition) is 2. The number of benzene rings is 1. The van der Waals surface area contributed by atoms with Gasteiger partial charge >= 0.3 is 0 Å². The third kappa shape index (κ3) is 4.95. The molecular formula is C15H20N2O3. The van der Waals surface area contributed by atoms with Crippen LogP contribution in [-0.4, -0.2) is 47.9 Å². The van der Waals surface area contributed by atoms with Crippen molar-refractivity contribution in [1.82, 2.24) is 4.90 Å². The maximum atomic E-state index is 12.0. The monoisotopic (exact) mass is 276 g/mol. The maximum absolute atomic E-state index is 12.0. The van der Waals surface area contributed by atoms with E-state index in [-0.39, 0.29) is 24.8 Å². The van der Waals surface area contributed by atoms with Gasteiger partial charge < -0.3 is 10.4 Å². The summed E-state index contributed by atoms with van der Waals surface area (Å²) in [6.07, 6.45) is 1.67. The minimum atomic E-state index is -0.228. The summed E-state index contributed by atoms with van der Waals surface area (Å²) in [4.78, 5) is 25.2. The fourth-order valence-corrected chi connectivity index (χ4v) is 1.85. The van der Waals surface area contributed by atoms with E-state index >= 15 is 0 Å². The van der Waals surface area contributed by atoms with Crippen molar-refractivity contribution in [1.29, 1.82) is 0 Å². The lowest BCUT2D eigenvalue weighted by Crippen LogP contribution is -2.35. The number of carbonyl (C=O) groups excluding carboxylic acids is 2. The summed E-state index contributed by atoms with van der Waals surface area (Å²) in [6, 6.07) is 6.88. The molecule has 0 aliphatic carbocycles. The summed E-state index contributed by atoms with van der Waals surface area (Å²) in [7, 11) is 0. The first kappa shape index (κ1) is 16.1. The first-order valence-electron chi connectivity index (χ1n) is 6.42. The molecule has 0 heterocycles. The normalized spacial score (nSPS) is 10.3. The van der Waals surface area contributed by atoms with Gasteiger partial charge in [0, 0.05) is 18.7 Å². The van der Waals surface area contributed by atoms with E-state index in [9.17, 15) is 9.59 Å². The van der Waals surface area contributed by atoms with Gasteiger partial charge in [-0.3, -0.25) is 14.5 Å². The van der Waals surface area contributed by atoms with E-state index in [1.165, 1.54) is 6.92 Å². The van der Waals surface area contributed by atoms with Crippen LogP contribution in [0.1, 0.15) is 17.3 Å². The van der Waals surface area contributed by atoms with E-state index < -0.39 is 0 Å². The van der Waals surface area contributed by atoms with Crippen molar-refractivity contribution < 1.29 is 14.7 Å². The van der Waals surface area contributed by atoms with Crippen LogP contribution in [0.3, 0.4) is 0 Å². The minimum absolute atomic E-state index is 0.0227. The lowest BCUT2D eigenvalue weighted by atomic mass is 10.1. The van der Waals surface area contributed by atoms with Crippen molar-refractivity contribution in [2.45, 2.75) is 6.92 Å². The molecule has 0 bridgehead atoms. The van der Waals surface area contributed by atoms with Gasteiger partial charge in [-0.05, 0) is 19.1 Å². The minimum Gasteiger partial charge on any atom is -0.395 e. The number of para-hydroxylation sites is 1. The zero-order valence-electron chi connectivity index (χ0n) is 11.6. The van der Waals surface area contributed by atoms with Gasteiger partial charge in [0.05, 0.1) is 18.8 Å². The largest absolute Gasteiger partial charge is 0.395 e. The number of aliphatic hydroxyl groups excluding tert-OH is 1. The second-order valence-electron chi connectivity index (χ2n) is 4.40. The zero-order valence-corrected chi connectivity index (χ0v) is 11.6. The number of carbonyl (C=O) groups is 2. The number of aliphatic hydroxyl groups is 1. The van der Waals surface area contributed by atoms with Crippen LogP contribution in [0.15, 0.2) is 36.9 Å². The molecule has 1 amide bonds. The molecule has 0 spiro atoms. The lowest BCUT2D eigenvalue weighted by molar-refractivity contribution is -0.117. The van der Waals surface area contributed by atoms with E-state index in [4.69, 9.17) is 5.11 Å². The Balaban J connectivity index is 2.70. The molecule has 0 fully saturated rings. The second-order valence-corrected chi connectivity index (χ2v) is 4.40. The lowest BCUT2D eigenvalue weighted by Gasteiger charge is -2.19. The van der Waals surface area contributed by atoms with Crippen LogP contribution in [0, 0.1) is 0 Å². The average Bonchev–Trinajstić information content (AvgIpc) is 2.39. The smallest absolute Gasteiger partial charge is 0.238 e. The first-order chi connectivity index (χ1) is 9.58. The molecule has 0 aliphatic heterocycles. The highest BCUT2D eigenvalue weighted by molar-refractivity contribution is 6.04. The van der Waals surface area contributed by atoms with E-state index in [0.717, 1.165) is 0 Å². The van der Waals surface area contributed by atoms with Gasteiger partial charge in [-0.2, -0.15) is 0 Å². The van der Waals surface area contributed by atoms with Crippen LogP contribution < -0.4 is 5.32 Å². The summed E-state index contributed by atoms with van der Waals surface area (Å²) in [5.41, 5.74) is 0.992. The average molecular weight is 276 g/mol. The fraction of sp³-hybridized carbons (Fsp3) is 0.333. The molecule has 1 rings (SSSR count). The topological polar surface area (TPSA) is 69.6 Å². The molecule has 5 heteroatoms. The number of hydrogen-bond acceptors (Lipinski definition) is 4. The highest BCUT2D eigenvalue weighted by Crippen LogP contribution is 2.15. The Morgan fingerprint density at radius 1 is 1.40 bits per heavy atom. The number of nitrogens with zero attached hydrogens (tertiary/aromatic N) is 1. The fourth-order valence-electron chi connectivity index (χ4n) is 1.85. The van der Waals surface area contributed by atoms with Gasteiger partial charge in [-0.15, -0.1) is 6.58 Å². The molecule has 0 unspecified atom stereocenters. The van der Waals surface area contributed by atoms with Gasteiger partial charge in [0.1, 0.15) is 0 Å². The van der Waals surface area contributed by atoms with E-state index in [0.29, 0.717) is 24.3 Å². The van der Waals surface area contributed by atoms with Crippen molar-refractivity contribution in [3.63, 3.8) is 0 Å². The van der Waals surface area contributed by atoms with Crippen LogP contribution in [0.2, 0.25) is 0 Å². The Morgan fingerprint density at radius 2 is 2.10 bits per heavy atom. The van der Waals surface area contributed by atoms with Gasteiger partial charge in [0.15, 0.2) is 5.78 Å². The van der Waals surface area contributed by atoms with Crippen LogP contribution >= 0.6 is 0 Å². The molecule has 0 radical (unpaired) electrons. The van der Waals surface area contributed by atoms with Crippen molar-refractivity contribution in [2.24, 2.45) is 0 Å². The van der Waals surface area contributed by atoms with Gasteiger partial charge in [0.25, 0.3) is 0 Å². The number of Topliss-reactive ketones (excluding diaryl/α,β-unsaturated/α-hetero) is 1. The van der Waals surface area contributed by atoms with E-state index in [2.05, 4.69) is 11.9 Å². The van der Waals surface area contributed by atoms with Crippen molar-refractivity contribution in [3.05, 3.63) is 42.5 Å². The van der Waals surface area contributed by atoms with E-state index in [1.807, 2.05) is 0 Å². The third-order valence-corrected chi connectivity index (χ3v) is 2.75. The van der Waals surface area contributed by atoms with Gasteiger partial charge in [0.2, 0.25) is 5.91 Å². The quantitative estimate of drug-likeness (QED) is 0.555. The van der Waals surface area contributed by atoms with Crippen molar-refractivity contribution >= 4 is 17.4 Å². The van der Waals surface area contributed by atoms with Crippen LogP contribution in [0.4, 0.5) is 5.69 Å². The molecule has 0 saturated heterocycles. The molecule has 2 N–H and O–H groups in total. The van der Waals surface area contributed by atoms with Crippen molar-refractivity contribution in [3.8, 4) is 0 Å². The molecule has 5 nitrogen and oxygen atoms in total. The molecular weight excluding hydrogens is 256 g/mol. The number of anilines is 1. The Morgan fingerprint density at radius 3 is 2.70 bits per heavy atom. The summed E-state index contributed by atoms with van der Waals surface area (Å²) < 4.78 is 0. The second kappa shape index (κ2) is 8.24. The highest BCUT2D eigenvalue weighted by atomic mass is 16.3. The molecule has 0 aliphatic rings. The molecule has 1 aromatic rings. The van der Waals surface area contributed by atoms with Crippen LogP contribution in [0.25, 0.3) is 0 Å². The van der Waals surface area contributed by atoms with Gasteiger partial charge in [-0.1, -0.05) is 18.2 Å². The van der Waals surface area contributed by atoms with Crippen LogP contribution in [0.5, 0.6) is 0 Å². The summed E-state index contributed by atoms with van der Waals surface area (Å²) in [5.74, 6) is -0.326. The highest BCUT2D eigenvalue weighted by Gasteiger charge is 2.12. The summed E-state index contributed by atoms with van der Waals surface area (Å²) in [6.45, 7) is 6.10. The SMILES string of the molecule is C=CCN(CCO)CC(=O)Nc1ccccc1C(C)=O. The van der Waals surface area contributed by atoms with Crippen LogP contribution in [-0.2, 0) is 4.79 Å². The number of ketones is 1. The van der Waals surface area contributed by atoms with Crippen molar-refractivity contribution in [2.75, 3.05) is 31.6 Å². The standard InChI is InChI=1S/C15H20N2O3/c1-3-8-17(9-10-18)11-15(20)16-14-7-5-4-6-13(14)12(2)19/h3-7,18H,1,8-11H2,2H3,(H,16,20). The number of amides is 1. The predicted octanol–water partition coefficient (Wildman–Crippen LogP) is 1.31. The Hall–Kier alpha value is -1.98. The Bertz CT molecular complexity index is 486. The first-order valence-corrected chi connectivity index (χ1v) is 6.42.